The van der Waals surface area contributed by atoms with Gasteiger partial charge < -0.3 is 10.6 Å². The fourth-order valence-corrected chi connectivity index (χ4v) is 3.58. The summed E-state index contributed by atoms with van der Waals surface area (Å²) in [5.41, 5.74) is 6.69. The number of nitrogens with two attached hydrogens (primary N) is 1. The van der Waals surface area contributed by atoms with Crippen LogP contribution >= 0.6 is 23.2 Å². The topological polar surface area (TPSA) is 46.3 Å². The summed E-state index contributed by atoms with van der Waals surface area (Å²) in [6, 6.07) is 5.28. The number of hydrogen-bond donors (Lipinski definition) is 1. The van der Waals surface area contributed by atoms with E-state index < -0.39 is 0 Å². The molecule has 1 aromatic rings. The van der Waals surface area contributed by atoms with Crippen LogP contribution in [0.2, 0.25) is 10.0 Å². The molecule has 2 N–H and O–H groups in total. The first-order valence-electron chi connectivity index (χ1n) is 6.56. The number of nitrogens with zero attached hydrogens (tertiary/aromatic N) is 1. The second-order valence-corrected chi connectivity index (χ2v) is 6.32. The van der Waals surface area contributed by atoms with Gasteiger partial charge in [-0.3, -0.25) is 4.79 Å². The Morgan fingerprint density at radius 3 is 2.68 bits per heavy atom. The van der Waals surface area contributed by atoms with Crippen LogP contribution in [-0.2, 0) is 0 Å². The molecule has 1 heterocycles. The van der Waals surface area contributed by atoms with E-state index in [-0.39, 0.29) is 11.9 Å². The number of benzene rings is 1. The van der Waals surface area contributed by atoms with Crippen molar-refractivity contribution in [1.29, 1.82) is 0 Å². The number of rotatable bonds is 1. The van der Waals surface area contributed by atoms with E-state index in [0.717, 1.165) is 25.9 Å². The van der Waals surface area contributed by atoms with Crippen LogP contribution < -0.4 is 5.73 Å². The van der Waals surface area contributed by atoms with Gasteiger partial charge in [0.25, 0.3) is 5.91 Å². The average Bonchev–Trinajstić information content (AvgIpc) is 2.95. The van der Waals surface area contributed by atoms with Gasteiger partial charge in [-0.15, -0.1) is 0 Å². The lowest BCUT2D eigenvalue weighted by Crippen LogP contribution is -2.33. The Bertz CT molecular complexity index is 520. The Balaban J connectivity index is 1.76. The van der Waals surface area contributed by atoms with Crippen molar-refractivity contribution in [3.05, 3.63) is 33.8 Å². The summed E-state index contributed by atoms with van der Waals surface area (Å²) < 4.78 is 0. The lowest BCUT2D eigenvalue weighted by atomic mass is 9.98. The molecule has 5 heteroatoms. The molecule has 2 aliphatic rings. The van der Waals surface area contributed by atoms with E-state index in [2.05, 4.69) is 0 Å². The van der Waals surface area contributed by atoms with Crippen molar-refractivity contribution in [3.63, 3.8) is 0 Å². The molecule has 3 unspecified atom stereocenters. The van der Waals surface area contributed by atoms with Crippen molar-refractivity contribution in [2.45, 2.75) is 18.9 Å². The summed E-state index contributed by atoms with van der Waals surface area (Å²) in [6.07, 6.45) is 2.22. The predicted octanol–water partition coefficient (Wildman–Crippen LogP) is 2.80. The Morgan fingerprint density at radius 1 is 1.21 bits per heavy atom. The van der Waals surface area contributed by atoms with Crippen LogP contribution in [-0.4, -0.2) is 29.9 Å². The maximum atomic E-state index is 12.4. The number of carbonyl (C=O) groups is 1. The maximum absolute atomic E-state index is 12.4. The van der Waals surface area contributed by atoms with Crippen LogP contribution in [0.25, 0.3) is 0 Å². The highest BCUT2D eigenvalue weighted by molar-refractivity contribution is 6.42. The van der Waals surface area contributed by atoms with Crippen molar-refractivity contribution in [3.8, 4) is 0 Å². The minimum atomic E-state index is 0.0279. The van der Waals surface area contributed by atoms with Crippen LogP contribution in [0.1, 0.15) is 23.2 Å². The third-order valence-corrected chi connectivity index (χ3v) is 5.11. The molecule has 1 aliphatic carbocycles. The van der Waals surface area contributed by atoms with Crippen molar-refractivity contribution in [2.24, 2.45) is 17.6 Å². The molecular formula is C14H16Cl2N2O. The number of halogens is 2. The molecule has 2 fully saturated rings. The predicted molar refractivity (Wildman–Crippen MR) is 76.6 cm³/mol. The zero-order valence-electron chi connectivity index (χ0n) is 10.5. The maximum Gasteiger partial charge on any atom is 0.253 e. The van der Waals surface area contributed by atoms with E-state index in [4.69, 9.17) is 28.9 Å². The Kier molecular flexibility index (Phi) is 3.46. The van der Waals surface area contributed by atoms with Gasteiger partial charge in [0.2, 0.25) is 0 Å². The number of fused-ring (bicyclic) bond motifs is 1. The molecule has 3 rings (SSSR count). The third-order valence-electron chi connectivity index (χ3n) is 4.37. The third kappa shape index (κ3) is 2.35. The smallest absolute Gasteiger partial charge is 0.253 e. The fraction of sp³-hybridized carbons (Fsp3) is 0.500. The molecule has 3 atom stereocenters. The second kappa shape index (κ2) is 4.97. The Morgan fingerprint density at radius 2 is 2.00 bits per heavy atom. The Hall–Kier alpha value is -0.770. The van der Waals surface area contributed by atoms with Crippen LogP contribution in [0.3, 0.4) is 0 Å². The van der Waals surface area contributed by atoms with Crippen molar-refractivity contribution >= 4 is 29.1 Å². The van der Waals surface area contributed by atoms with Gasteiger partial charge in [0, 0.05) is 24.7 Å². The van der Waals surface area contributed by atoms with Crippen molar-refractivity contribution in [2.75, 3.05) is 13.1 Å². The molecule has 1 saturated carbocycles. The van der Waals surface area contributed by atoms with Gasteiger partial charge >= 0.3 is 0 Å². The van der Waals surface area contributed by atoms with Gasteiger partial charge in [0.1, 0.15) is 0 Å². The minimum absolute atomic E-state index is 0.0279. The SMILES string of the molecule is NC1CCC2CN(C(=O)c3ccc(Cl)c(Cl)c3)CC12. The highest BCUT2D eigenvalue weighted by Crippen LogP contribution is 2.37. The molecule has 0 radical (unpaired) electrons. The molecule has 19 heavy (non-hydrogen) atoms. The second-order valence-electron chi connectivity index (χ2n) is 5.50. The van der Waals surface area contributed by atoms with Gasteiger partial charge in [-0.2, -0.15) is 0 Å². The van der Waals surface area contributed by atoms with E-state index in [9.17, 15) is 4.79 Å². The van der Waals surface area contributed by atoms with Crippen molar-refractivity contribution in [1.82, 2.24) is 4.90 Å². The van der Waals surface area contributed by atoms with Crippen LogP contribution in [0.5, 0.6) is 0 Å². The first-order chi connectivity index (χ1) is 9.06. The molecule has 1 saturated heterocycles. The number of hydrogen-bond acceptors (Lipinski definition) is 2. The highest BCUT2D eigenvalue weighted by Gasteiger charge is 2.42. The molecule has 1 amide bonds. The quantitative estimate of drug-likeness (QED) is 0.866. The highest BCUT2D eigenvalue weighted by atomic mass is 35.5. The minimum Gasteiger partial charge on any atom is -0.338 e. The zero-order valence-corrected chi connectivity index (χ0v) is 12.0. The van der Waals surface area contributed by atoms with Gasteiger partial charge in [0.05, 0.1) is 10.0 Å². The number of carbonyl (C=O) groups excluding carboxylic acids is 1. The largest absolute Gasteiger partial charge is 0.338 e. The van der Waals surface area contributed by atoms with Crippen LogP contribution in [0.4, 0.5) is 0 Å². The monoisotopic (exact) mass is 298 g/mol. The summed E-state index contributed by atoms with van der Waals surface area (Å²) in [4.78, 5) is 14.3. The molecule has 1 aliphatic heterocycles. The average molecular weight is 299 g/mol. The normalized spacial score (nSPS) is 29.6. The van der Waals surface area contributed by atoms with Crippen LogP contribution in [0.15, 0.2) is 18.2 Å². The van der Waals surface area contributed by atoms with Gasteiger partial charge in [0.15, 0.2) is 0 Å². The number of likely N-dealkylation sites (tertiary alicyclic amines) is 1. The summed E-state index contributed by atoms with van der Waals surface area (Å²) >= 11 is 11.8. The summed E-state index contributed by atoms with van der Waals surface area (Å²) in [5.74, 6) is 1.06. The van der Waals surface area contributed by atoms with E-state index in [1.165, 1.54) is 0 Å². The molecular weight excluding hydrogens is 283 g/mol. The molecule has 102 valence electrons. The van der Waals surface area contributed by atoms with E-state index in [1.807, 2.05) is 4.90 Å². The van der Waals surface area contributed by atoms with Gasteiger partial charge in [-0.1, -0.05) is 23.2 Å². The molecule has 3 nitrogen and oxygen atoms in total. The van der Waals surface area contributed by atoms with E-state index in [0.29, 0.717) is 27.4 Å². The fourth-order valence-electron chi connectivity index (χ4n) is 3.29. The number of amides is 1. The summed E-state index contributed by atoms with van der Waals surface area (Å²) in [5, 5.41) is 0.891. The molecule has 1 aromatic carbocycles. The standard InChI is InChI=1S/C14H16Cl2N2O/c15-11-3-1-8(5-12(11)16)14(19)18-6-9-2-4-13(17)10(9)7-18/h1,3,5,9-10,13H,2,4,6-7,17H2. The first-order valence-corrected chi connectivity index (χ1v) is 7.32. The van der Waals surface area contributed by atoms with E-state index in [1.54, 1.807) is 18.2 Å². The zero-order chi connectivity index (χ0) is 13.6. The van der Waals surface area contributed by atoms with Gasteiger partial charge in [-0.25, -0.2) is 0 Å². The first kappa shape index (κ1) is 13.2. The van der Waals surface area contributed by atoms with E-state index >= 15 is 0 Å². The summed E-state index contributed by atoms with van der Waals surface area (Å²) in [7, 11) is 0. The Labute approximate surface area is 122 Å². The molecule has 0 spiro atoms. The molecule has 0 bridgehead atoms. The lowest BCUT2D eigenvalue weighted by Gasteiger charge is -2.19. The summed E-state index contributed by atoms with van der Waals surface area (Å²) in [6.45, 7) is 1.59. The van der Waals surface area contributed by atoms with Crippen molar-refractivity contribution < 1.29 is 4.79 Å². The lowest BCUT2D eigenvalue weighted by molar-refractivity contribution is 0.0779. The van der Waals surface area contributed by atoms with Crippen LogP contribution in [0, 0.1) is 11.8 Å². The van der Waals surface area contributed by atoms with Gasteiger partial charge in [-0.05, 0) is 42.9 Å². The molecule has 0 aromatic heterocycles.